The minimum atomic E-state index is -4.83. The zero-order chi connectivity index (χ0) is 24.9. The third-order valence-electron chi connectivity index (χ3n) is 4.58. The number of nitrogens with two attached hydrogens (primary N) is 2. The highest BCUT2D eigenvalue weighted by Crippen LogP contribution is 2.24. The van der Waals surface area contributed by atoms with Crippen LogP contribution in [0.2, 0.25) is 0 Å². The van der Waals surface area contributed by atoms with Gasteiger partial charge in [-0.15, -0.1) is 13.2 Å². The van der Waals surface area contributed by atoms with E-state index in [1.165, 1.54) is 18.2 Å². The summed E-state index contributed by atoms with van der Waals surface area (Å²) < 4.78 is 45.6. The molecule has 0 atom stereocenters. The van der Waals surface area contributed by atoms with Gasteiger partial charge in [0.15, 0.2) is 0 Å². The molecule has 0 aliphatic rings. The Balaban J connectivity index is 1.69. The minimum Gasteiger partial charge on any atom is -0.478 e. The van der Waals surface area contributed by atoms with Crippen molar-refractivity contribution in [1.29, 1.82) is 0 Å². The van der Waals surface area contributed by atoms with Gasteiger partial charge in [-0.3, -0.25) is 0 Å². The Hall–Kier alpha value is -4.47. The fourth-order valence-corrected chi connectivity index (χ4v) is 2.96. The van der Waals surface area contributed by atoms with Crippen molar-refractivity contribution in [2.75, 3.05) is 11.5 Å². The Kier molecular flexibility index (Phi) is 7.10. The maximum atomic E-state index is 12.2. The van der Waals surface area contributed by atoms with Crippen molar-refractivity contribution in [3.63, 3.8) is 0 Å². The molecule has 0 fully saturated rings. The van der Waals surface area contributed by atoms with Crippen LogP contribution in [0.3, 0.4) is 0 Å². The zero-order valence-corrected chi connectivity index (χ0v) is 17.5. The van der Waals surface area contributed by atoms with Gasteiger partial charge in [0.1, 0.15) is 11.5 Å². The van der Waals surface area contributed by atoms with Gasteiger partial charge in [0.25, 0.3) is 0 Å². The Morgan fingerprint density at radius 1 is 0.912 bits per heavy atom. The molecule has 0 heterocycles. The van der Waals surface area contributed by atoms with E-state index in [2.05, 4.69) is 4.74 Å². The predicted octanol–water partition coefficient (Wildman–Crippen LogP) is 4.68. The Labute approximate surface area is 192 Å². The van der Waals surface area contributed by atoms with E-state index >= 15 is 0 Å². The van der Waals surface area contributed by atoms with Crippen molar-refractivity contribution in [3.8, 4) is 11.5 Å². The number of hydrogen-bond acceptors (Lipinski definition) is 6. The highest BCUT2D eigenvalue weighted by Gasteiger charge is 2.31. The number of hydrogen-bond donors (Lipinski definition) is 3. The number of carboxylic acid groups (broad SMARTS) is 1. The quantitative estimate of drug-likeness (QED) is 0.197. The zero-order valence-electron chi connectivity index (χ0n) is 17.5. The molecule has 7 nitrogen and oxygen atoms in total. The van der Waals surface area contributed by atoms with E-state index in [-0.39, 0.29) is 23.3 Å². The fraction of sp³-hybridized carbons (Fsp3) is 0.0833. The van der Waals surface area contributed by atoms with Crippen molar-refractivity contribution < 1.29 is 37.3 Å². The van der Waals surface area contributed by atoms with Crippen molar-refractivity contribution in [1.82, 2.24) is 0 Å². The summed E-state index contributed by atoms with van der Waals surface area (Å²) in [6.07, 6.45) is -3.33. The van der Waals surface area contributed by atoms with Gasteiger partial charge in [-0.05, 0) is 71.8 Å². The smallest absolute Gasteiger partial charge is 0.478 e. The van der Waals surface area contributed by atoms with Crippen LogP contribution in [0.25, 0.3) is 6.08 Å². The van der Waals surface area contributed by atoms with Crippen LogP contribution in [0.1, 0.15) is 21.5 Å². The van der Waals surface area contributed by atoms with Crippen LogP contribution in [0.5, 0.6) is 11.5 Å². The SMILES string of the molecule is Nc1ccc(N)c(CC(=Cc2ccc(OC(=O)c3ccc(OC(F)(F)F)cc3)cc2)C(=O)O)c1. The second-order valence-electron chi connectivity index (χ2n) is 7.14. The lowest BCUT2D eigenvalue weighted by Gasteiger charge is -2.09. The van der Waals surface area contributed by atoms with Crippen LogP contribution in [0, 0.1) is 0 Å². The molecule has 0 bridgehead atoms. The average molecular weight is 472 g/mol. The summed E-state index contributed by atoms with van der Waals surface area (Å²) in [5.41, 5.74) is 13.7. The van der Waals surface area contributed by atoms with E-state index < -0.39 is 24.1 Å². The standard InChI is InChI=1S/C24H19F3N2O5/c25-24(26,27)34-20-8-3-15(4-9-20)23(32)33-19-6-1-14(2-7-19)11-17(22(30)31)12-16-13-18(28)5-10-21(16)29/h1-11,13H,12,28-29H2,(H,30,31). The number of carbonyl (C=O) groups excluding carboxylic acids is 1. The highest BCUT2D eigenvalue weighted by atomic mass is 19.4. The van der Waals surface area contributed by atoms with Crippen LogP contribution in [-0.4, -0.2) is 23.4 Å². The number of alkyl halides is 3. The van der Waals surface area contributed by atoms with E-state index in [0.29, 0.717) is 22.5 Å². The topological polar surface area (TPSA) is 125 Å². The maximum Gasteiger partial charge on any atom is 0.573 e. The molecule has 0 saturated carbocycles. The molecule has 5 N–H and O–H groups in total. The summed E-state index contributed by atoms with van der Waals surface area (Å²) in [6.45, 7) is 0. The lowest BCUT2D eigenvalue weighted by atomic mass is 10.0. The third-order valence-corrected chi connectivity index (χ3v) is 4.58. The van der Waals surface area contributed by atoms with Crippen molar-refractivity contribution >= 4 is 29.4 Å². The average Bonchev–Trinajstić information content (AvgIpc) is 2.76. The lowest BCUT2D eigenvalue weighted by molar-refractivity contribution is -0.274. The van der Waals surface area contributed by atoms with Crippen LogP contribution >= 0.6 is 0 Å². The van der Waals surface area contributed by atoms with Crippen LogP contribution in [0.15, 0.2) is 72.3 Å². The monoisotopic (exact) mass is 472 g/mol. The largest absolute Gasteiger partial charge is 0.573 e. The molecular formula is C24H19F3N2O5. The van der Waals surface area contributed by atoms with Crippen molar-refractivity contribution in [2.45, 2.75) is 12.8 Å². The summed E-state index contributed by atoms with van der Waals surface area (Å²) >= 11 is 0. The van der Waals surface area contributed by atoms with E-state index in [9.17, 15) is 27.9 Å². The maximum absolute atomic E-state index is 12.2. The summed E-state index contributed by atoms with van der Waals surface area (Å²) in [6, 6.07) is 15.1. The molecule has 0 unspecified atom stereocenters. The van der Waals surface area contributed by atoms with E-state index in [0.717, 1.165) is 24.3 Å². The molecule has 176 valence electrons. The molecule has 0 radical (unpaired) electrons. The number of benzene rings is 3. The van der Waals surface area contributed by atoms with Crippen LogP contribution in [0.4, 0.5) is 24.5 Å². The van der Waals surface area contributed by atoms with E-state index in [1.807, 2.05) is 0 Å². The number of ether oxygens (including phenoxy) is 2. The molecular weight excluding hydrogens is 453 g/mol. The van der Waals surface area contributed by atoms with E-state index in [4.69, 9.17) is 16.2 Å². The summed E-state index contributed by atoms with van der Waals surface area (Å²) in [4.78, 5) is 23.9. The molecule has 34 heavy (non-hydrogen) atoms. The second kappa shape index (κ2) is 9.99. The summed E-state index contributed by atoms with van der Waals surface area (Å²) in [7, 11) is 0. The highest BCUT2D eigenvalue weighted by molar-refractivity contribution is 5.93. The number of halogens is 3. The first-order chi connectivity index (χ1) is 16.0. The fourth-order valence-electron chi connectivity index (χ4n) is 2.96. The molecule has 0 spiro atoms. The van der Waals surface area contributed by atoms with Crippen LogP contribution < -0.4 is 20.9 Å². The second-order valence-corrected chi connectivity index (χ2v) is 7.14. The molecule has 0 saturated heterocycles. The van der Waals surface area contributed by atoms with Gasteiger partial charge in [0.2, 0.25) is 0 Å². The van der Waals surface area contributed by atoms with Gasteiger partial charge in [-0.25, -0.2) is 9.59 Å². The first-order valence-electron chi connectivity index (χ1n) is 9.76. The van der Waals surface area contributed by atoms with Gasteiger partial charge >= 0.3 is 18.3 Å². The Morgan fingerprint density at radius 2 is 1.53 bits per heavy atom. The number of carbonyl (C=O) groups is 2. The summed E-state index contributed by atoms with van der Waals surface area (Å²) in [5, 5.41) is 9.56. The molecule has 10 heteroatoms. The lowest BCUT2D eigenvalue weighted by Crippen LogP contribution is -2.17. The first-order valence-corrected chi connectivity index (χ1v) is 9.76. The third kappa shape index (κ3) is 6.76. The number of rotatable bonds is 7. The molecule has 3 aromatic rings. The number of carboxylic acids is 1. The van der Waals surface area contributed by atoms with Gasteiger partial charge in [-0.2, -0.15) is 0 Å². The Bertz CT molecular complexity index is 1220. The molecule has 3 aromatic carbocycles. The number of nitrogen functional groups attached to an aromatic ring is 2. The van der Waals surface area contributed by atoms with Crippen molar-refractivity contribution in [3.05, 3.63) is 89.0 Å². The molecule has 0 aliphatic heterocycles. The number of anilines is 2. The van der Waals surface area contributed by atoms with Crippen LogP contribution in [-0.2, 0) is 11.2 Å². The van der Waals surface area contributed by atoms with Gasteiger partial charge in [0, 0.05) is 23.4 Å². The van der Waals surface area contributed by atoms with Gasteiger partial charge in [0.05, 0.1) is 5.56 Å². The Morgan fingerprint density at radius 3 is 2.12 bits per heavy atom. The molecule has 3 rings (SSSR count). The van der Waals surface area contributed by atoms with E-state index in [1.54, 1.807) is 30.3 Å². The van der Waals surface area contributed by atoms with Gasteiger partial charge < -0.3 is 26.0 Å². The molecule has 0 amide bonds. The number of esters is 1. The molecule has 0 aromatic heterocycles. The first kappa shape index (κ1) is 24.2. The number of aliphatic carboxylic acids is 1. The molecule has 0 aliphatic carbocycles. The normalized spacial score (nSPS) is 11.7. The predicted molar refractivity (Wildman–Crippen MR) is 119 cm³/mol. The minimum absolute atomic E-state index is 0.0198. The summed E-state index contributed by atoms with van der Waals surface area (Å²) in [5.74, 6) is -2.22. The van der Waals surface area contributed by atoms with Gasteiger partial charge in [-0.1, -0.05) is 12.1 Å². The van der Waals surface area contributed by atoms with Crippen molar-refractivity contribution in [2.24, 2.45) is 0 Å².